The van der Waals surface area contributed by atoms with Crippen molar-refractivity contribution in [3.63, 3.8) is 0 Å². The van der Waals surface area contributed by atoms with Crippen molar-refractivity contribution in [2.75, 3.05) is 0 Å². The molecule has 0 aliphatic carbocycles. The van der Waals surface area contributed by atoms with Gasteiger partial charge in [0.25, 0.3) is 0 Å². The summed E-state index contributed by atoms with van der Waals surface area (Å²) in [4.78, 5) is 1.76. The first kappa shape index (κ1) is 8.37. The monoisotopic (exact) mass is 264 g/mol. The van der Waals surface area contributed by atoms with Crippen LogP contribution in [0, 0.1) is 0 Å². The molecule has 1 aromatic carbocycles. The van der Waals surface area contributed by atoms with Crippen molar-refractivity contribution in [1.82, 2.24) is 0 Å². The van der Waals surface area contributed by atoms with E-state index >= 15 is 0 Å². The molecule has 0 spiro atoms. The predicted octanol–water partition coefficient (Wildman–Crippen LogP) is 1.20. The van der Waals surface area contributed by atoms with Crippen LogP contribution in [-0.4, -0.2) is 21.1 Å². The van der Waals surface area contributed by atoms with Crippen LogP contribution in [0.2, 0.25) is 4.94 Å². The van der Waals surface area contributed by atoms with Gasteiger partial charge < -0.3 is 0 Å². The summed E-state index contributed by atoms with van der Waals surface area (Å²) in [6, 6.07) is 9.45. The molecule has 0 saturated heterocycles. The second-order valence-corrected chi connectivity index (χ2v) is 14.3. The van der Waals surface area contributed by atoms with Crippen LogP contribution < -0.4 is 3.58 Å². The summed E-state index contributed by atoms with van der Waals surface area (Å²) in [5, 5.41) is 0. The molecule has 0 saturated carbocycles. The quantitative estimate of drug-likeness (QED) is 0.755. The van der Waals surface area contributed by atoms with E-state index in [1.165, 1.54) is 0 Å². The van der Waals surface area contributed by atoms with Crippen LogP contribution in [0.25, 0.3) is 0 Å². The fraction of sp³-hybridized carbons (Fsp3) is 0.143. The van der Waals surface area contributed by atoms with Gasteiger partial charge in [-0.2, -0.15) is 0 Å². The van der Waals surface area contributed by atoms with E-state index in [-0.39, 0.29) is 0 Å². The van der Waals surface area contributed by atoms with Crippen LogP contribution in [0.4, 0.5) is 0 Å². The molecule has 1 rings (SSSR count). The third-order valence-corrected chi connectivity index (χ3v) is 6.72. The number of hydrogen-bond donors (Lipinski definition) is 1. The molecule has 0 fully saturated rings. The third-order valence-electron chi connectivity index (χ3n) is 1.30. The summed E-state index contributed by atoms with van der Waals surface area (Å²) in [7, 11) is 5.82. The summed E-state index contributed by atoms with van der Waals surface area (Å²) >= 11 is -3.24. The first-order valence-corrected chi connectivity index (χ1v) is 12.2. The molecule has 1 N–H and O–H groups in total. The van der Waals surface area contributed by atoms with Gasteiger partial charge in [-0.3, -0.25) is 0 Å². The van der Waals surface area contributed by atoms with E-state index in [0.717, 1.165) is 3.58 Å². The Kier molecular flexibility index (Phi) is 2.60. The van der Waals surface area contributed by atoms with Gasteiger partial charge in [-0.15, -0.1) is 0 Å². The van der Waals surface area contributed by atoms with Crippen LogP contribution in [0.1, 0.15) is 0 Å². The fourth-order valence-corrected chi connectivity index (χ4v) is 3.87. The minimum atomic E-state index is -3.24. The average Bonchev–Trinajstić information content (AvgIpc) is 1.88. The maximum absolute atomic E-state index is 9.46. The molecule has 10 heavy (non-hydrogen) atoms. The molecule has 0 bridgehead atoms. The van der Waals surface area contributed by atoms with Crippen LogP contribution in [0.5, 0.6) is 0 Å². The summed E-state index contributed by atoms with van der Waals surface area (Å²) < 4.78 is 10.4. The van der Waals surface area contributed by atoms with E-state index in [1.54, 1.807) is 4.94 Å². The van der Waals surface area contributed by atoms with Crippen molar-refractivity contribution < 1.29 is 3.44 Å². The topological polar surface area (TPSA) is 20.2 Å². The zero-order valence-corrected chi connectivity index (χ0v) is 9.32. The van der Waals surface area contributed by atoms with Crippen LogP contribution in [0.3, 0.4) is 0 Å². The van der Waals surface area contributed by atoms with Crippen LogP contribution in [-0.2, 0) is 0 Å². The van der Waals surface area contributed by atoms with Gasteiger partial charge in [0, 0.05) is 0 Å². The summed E-state index contributed by atoms with van der Waals surface area (Å²) in [5.74, 6) is 0. The van der Waals surface area contributed by atoms with Gasteiger partial charge in [-0.05, 0) is 0 Å². The molecule has 1 atom stereocenters. The molecule has 3 heteroatoms. The number of hydrogen-bond acceptors (Lipinski definition) is 1. The molecule has 0 aliphatic rings. The summed E-state index contributed by atoms with van der Waals surface area (Å²) in [6.45, 7) is 0. The van der Waals surface area contributed by atoms with Gasteiger partial charge in [0.1, 0.15) is 0 Å². The Hall–Kier alpha value is 0.269. The molecular weight excluding hydrogens is 254 g/mol. The van der Waals surface area contributed by atoms with Crippen molar-refractivity contribution in [3.8, 4) is 0 Å². The van der Waals surface area contributed by atoms with E-state index in [9.17, 15) is 3.44 Å². The Bertz CT molecular complexity index is 205. The van der Waals surface area contributed by atoms with E-state index in [4.69, 9.17) is 8.92 Å². The zero-order chi connectivity index (χ0) is 7.61. The molecule has 1 unspecified atom stereocenters. The Morgan fingerprint density at radius 2 is 1.80 bits per heavy atom. The molecule has 1 aromatic rings. The Morgan fingerprint density at radius 3 is 2.10 bits per heavy atom. The fourth-order valence-electron chi connectivity index (χ4n) is 0.742. The first-order chi connectivity index (χ1) is 4.61. The van der Waals surface area contributed by atoms with Gasteiger partial charge in [0.05, 0.1) is 0 Å². The van der Waals surface area contributed by atoms with E-state index in [0.29, 0.717) is 0 Å². The van der Waals surface area contributed by atoms with Crippen LogP contribution in [0.15, 0.2) is 30.3 Å². The molecule has 0 amide bonds. The van der Waals surface area contributed by atoms with Crippen molar-refractivity contribution >= 4 is 30.2 Å². The Morgan fingerprint density at radius 1 is 1.30 bits per heavy atom. The van der Waals surface area contributed by atoms with Gasteiger partial charge in [0.15, 0.2) is 0 Å². The zero-order valence-electron chi connectivity index (χ0n) is 5.71. The Balaban J connectivity index is 2.97. The first-order valence-electron chi connectivity index (χ1n) is 3.07. The van der Waals surface area contributed by atoms with Crippen LogP contribution >= 0.6 is 8.92 Å². The predicted molar refractivity (Wildman–Crippen MR) is 45.8 cm³/mol. The van der Waals surface area contributed by atoms with Gasteiger partial charge in [-0.1, -0.05) is 0 Å². The maximum atomic E-state index is 9.46. The standard InChI is InChI=1S/C6H5.CH3.ClH.H2O.Sn/c1-2-4-6-5-3-1;;;;/h1-5H;1H3;1H;1H2;/q;;;;+2/p-2. The van der Waals surface area contributed by atoms with Crippen molar-refractivity contribution in [1.29, 1.82) is 0 Å². The molecule has 54 valence electrons. The van der Waals surface area contributed by atoms with Gasteiger partial charge >= 0.3 is 68.9 Å². The van der Waals surface area contributed by atoms with E-state index in [2.05, 4.69) is 0 Å². The average molecular weight is 263 g/mol. The number of benzene rings is 1. The SMILES string of the molecule is [CH3][Sn]([OH])([Cl])[c]1ccccc1. The third kappa shape index (κ3) is 2.15. The summed E-state index contributed by atoms with van der Waals surface area (Å²) in [6.07, 6.45) is 0. The molecule has 1 nitrogen and oxygen atoms in total. The van der Waals surface area contributed by atoms with E-state index in [1.807, 2.05) is 30.3 Å². The normalized spacial score (nSPS) is 16.3. The minimum absolute atomic E-state index is 0.929. The number of halogens is 1. The van der Waals surface area contributed by atoms with Gasteiger partial charge in [0.2, 0.25) is 0 Å². The number of rotatable bonds is 1. The summed E-state index contributed by atoms with van der Waals surface area (Å²) in [5.41, 5.74) is 0. The second-order valence-electron chi connectivity index (χ2n) is 2.32. The second kappa shape index (κ2) is 3.11. The molecule has 0 radical (unpaired) electrons. The Labute approximate surface area is 68.8 Å². The van der Waals surface area contributed by atoms with Crippen molar-refractivity contribution in [2.45, 2.75) is 4.94 Å². The molecule has 0 aliphatic heterocycles. The van der Waals surface area contributed by atoms with E-state index < -0.39 is 17.7 Å². The van der Waals surface area contributed by atoms with Crippen molar-refractivity contribution in [2.24, 2.45) is 0 Å². The van der Waals surface area contributed by atoms with Gasteiger partial charge in [-0.25, -0.2) is 0 Å². The molecular formula is C7H9ClOSn. The molecule has 0 heterocycles. The van der Waals surface area contributed by atoms with Crippen molar-refractivity contribution in [3.05, 3.63) is 30.3 Å². The molecule has 0 aromatic heterocycles.